The number of halogens is 1. The first kappa shape index (κ1) is 19.5. The molecule has 0 aliphatic heterocycles. The number of hydrogen-bond acceptors (Lipinski definition) is 3. The van der Waals surface area contributed by atoms with Crippen LogP contribution >= 0.6 is 0 Å². The molecule has 0 N–H and O–H groups in total. The second-order valence-electron chi connectivity index (χ2n) is 6.19. The van der Waals surface area contributed by atoms with Gasteiger partial charge in [-0.25, -0.2) is 8.60 Å². The Balaban J connectivity index is 1.88. The summed E-state index contributed by atoms with van der Waals surface area (Å²) in [7, 11) is -2.86. The summed E-state index contributed by atoms with van der Waals surface area (Å²) < 4.78 is 30.0. The van der Waals surface area contributed by atoms with Crippen LogP contribution in [0.25, 0.3) is 0 Å². The summed E-state index contributed by atoms with van der Waals surface area (Å²) >= 11 is 0. The third kappa shape index (κ3) is 4.70. The SMILES string of the molecule is Cc1cc(C#Cc2cncc(C(=O)N=S(C)(=O)c3ccccc3)c2)ccc1F. The van der Waals surface area contributed by atoms with Gasteiger partial charge in [0, 0.05) is 34.7 Å². The highest BCUT2D eigenvalue weighted by atomic mass is 32.2. The Hall–Kier alpha value is -3.30. The van der Waals surface area contributed by atoms with Crippen LogP contribution in [0.5, 0.6) is 0 Å². The Kier molecular flexibility index (Phi) is 5.67. The standard InChI is InChI=1S/C22H17FN2O2S/c1-16-12-17(10-11-21(16)23)8-9-18-13-19(15-24-14-18)22(26)25-28(2,27)20-6-4-3-5-7-20/h3-7,10-15H,1-2H3. The molecule has 0 saturated heterocycles. The molecule has 0 saturated carbocycles. The Morgan fingerprint density at radius 2 is 1.75 bits per heavy atom. The van der Waals surface area contributed by atoms with Gasteiger partial charge in [-0.2, -0.15) is 4.36 Å². The number of amides is 1. The second kappa shape index (κ2) is 8.15. The molecule has 28 heavy (non-hydrogen) atoms. The molecule has 140 valence electrons. The molecule has 0 spiro atoms. The number of pyridine rings is 1. The lowest BCUT2D eigenvalue weighted by Crippen LogP contribution is -2.04. The molecule has 1 aromatic heterocycles. The topological polar surface area (TPSA) is 59.4 Å². The van der Waals surface area contributed by atoms with E-state index in [0.29, 0.717) is 21.6 Å². The number of aromatic nitrogens is 1. The molecule has 0 aliphatic rings. The van der Waals surface area contributed by atoms with Gasteiger partial charge in [0.25, 0.3) is 5.91 Å². The minimum atomic E-state index is -2.86. The largest absolute Gasteiger partial charge is 0.286 e. The van der Waals surface area contributed by atoms with E-state index in [0.717, 1.165) is 0 Å². The summed E-state index contributed by atoms with van der Waals surface area (Å²) in [6, 6.07) is 14.8. The molecular formula is C22H17FN2O2S. The maximum atomic E-state index is 13.3. The van der Waals surface area contributed by atoms with E-state index in [-0.39, 0.29) is 11.4 Å². The molecule has 0 aliphatic carbocycles. The van der Waals surface area contributed by atoms with Crippen LogP contribution in [0.2, 0.25) is 0 Å². The lowest BCUT2D eigenvalue weighted by molar-refractivity contribution is 0.100. The average Bonchev–Trinajstić information content (AvgIpc) is 2.69. The van der Waals surface area contributed by atoms with Gasteiger partial charge in [-0.1, -0.05) is 30.0 Å². The zero-order chi connectivity index (χ0) is 20.1. The normalized spacial score (nSPS) is 12.4. The molecule has 2 aromatic carbocycles. The quantitative estimate of drug-likeness (QED) is 0.614. The van der Waals surface area contributed by atoms with Crippen LogP contribution in [-0.2, 0) is 9.73 Å². The van der Waals surface area contributed by atoms with Gasteiger partial charge >= 0.3 is 0 Å². The van der Waals surface area contributed by atoms with Gasteiger partial charge in [0.2, 0.25) is 0 Å². The minimum Gasteiger partial charge on any atom is -0.266 e. The van der Waals surface area contributed by atoms with Crippen molar-refractivity contribution < 1.29 is 13.4 Å². The summed E-state index contributed by atoms with van der Waals surface area (Å²) in [5.41, 5.74) is 1.87. The van der Waals surface area contributed by atoms with Crippen molar-refractivity contribution >= 4 is 15.6 Å². The van der Waals surface area contributed by atoms with Gasteiger partial charge < -0.3 is 0 Å². The molecule has 1 amide bonds. The summed E-state index contributed by atoms with van der Waals surface area (Å²) in [5, 5.41) is 0. The molecule has 4 nitrogen and oxygen atoms in total. The first-order valence-electron chi connectivity index (χ1n) is 8.40. The van der Waals surface area contributed by atoms with E-state index in [1.165, 1.54) is 24.7 Å². The number of aryl methyl sites for hydroxylation is 1. The fourth-order valence-corrected chi connectivity index (χ4v) is 3.62. The monoisotopic (exact) mass is 392 g/mol. The minimum absolute atomic E-state index is 0.201. The van der Waals surface area contributed by atoms with Crippen LogP contribution in [0.4, 0.5) is 4.39 Å². The molecule has 0 bridgehead atoms. The van der Waals surface area contributed by atoms with Crippen LogP contribution in [-0.4, -0.2) is 21.4 Å². The van der Waals surface area contributed by atoms with E-state index < -0.39 is 15.6 Å². The van der Waals surface area contributed by atoms with Crippen molar-refractivity contribution in [2.24, 2.45) is 4.36 Å². The third-order valence-electron chi connectivity index (χ3n) is 3.93. The van der Waals surface area contributed by atoms with Crippen molar-refractivity contribution in [3.05, 3.63) is 95.1 Å². The van der Waals surface area contributed by atoms with Gasteiger partial charge in [-0.05, 0) is 48.9 Å². The zero-order valence-electron chi connectivity index (χ0n) is 15.3. The molecule has 0 radical (unpaired) electrons. The highest BCUT2D eigenvalue weighted by Crippen LogP contribution is 2.13. The maximum absolute atomic E-state index is 13.3. The number of carbonyl (C=O) groups is 1. The van der Waals surface area contributed by atoms with E-state index >= 15 is 0 Å². The Morgan fingerprint density at radius 3 is 2.46 bits per heavy atom. The fraction of sp³-hybridized carbons (Fsp3) is 0.0909. The smallest absolute Gasteiger partial charge is 0.266 e. The van der Waals surface area contributed by atoms with Crippen molar-refractivity contribution in [2.75, 3.05) is 6.26 Å². The third-order valence-corrected chi connectivity index (χ3v) is 5.59. The highest BCUT2D eigenvalue weighted by Gasteiger charge is 2.11. The Morgan fingerprint density at radius 1 is 1.04 bits per heavy atom. The van der Waals surface area contributed by atoms with Gasteiger partial charge in [0.05, 0.1) is 15.3 Å². The van der Waals surface area contributed by atoms with Crippen LogP contribution < -0.4 is 0 Å². The predicted octanol–water partition coefficient (Wildman–Crippen LogP) is 4.23. The Bertz CT molecular complexity index is 1220. The van der Waals surface area contributed by atoms with Crippen LogP contribution in [0, 0.1) is 24.6 Å². The van der Waals surface area contributed by atoms with Crippen LogP contribution in [0.3, 0.4) is 0 Å². The molecule has 0 fully saturated rings. The van der Waals surface area contributed by atoms with E-state index in [1.807, 2.05) is 0 Å². The lowest BCUT2D eigenvalue weighted by atomic mass is 10.1. The van der Waals surface area contributed by atoms with Crippen molar-refractivity contribution in [3.63, 3.8) is 0 Å². The van der Waals surface area contributed by atoms with Gasteiger partial charge in [-0.15, -0.1) is 0 Å². The van der Waals surface area contributed by atoms with E-state index in [4.69, 9.17) is 0 Å². The predicted molar refractivity (Wildman–Crippen MR) is 107 cm³/mol. The molecule has 1 unspecified atom stereocenters. The van der Waals surface area contributed by atoms with Crippen molar-refractivity contribution in [2.45, 2.75) is 11.8 Å². The van der Waals surface area contributed by atoms with Gasteiger partial charge in [-0.3, -0.25) is 9.78 Å². The molecule has 3 rings (SSSR count). The van der Waals surface area contributed by atoms with Crippen molar-refractivity contribution in [1.82, 2.24) is 4.98 Å². The summed E-state index contributed by atoms with van der Waals surface area (Å²) in [4.78, 5) is 17.0. The van der Waals surface area contributed by atoms with Gasteiger partial charge in [0.1, 0.15) is 5.82 Å². The van der Waals surface area contributed by atoms with Crippen LogP contribution in [0.1, 0.15) is 27.0 Å². The second-order valence-corrected chi connectivity index (χ2v) is 8.45. The molecular weight excluding hydrogens is 375 g/mol. The van der Waals surface area contributed by atoms with E-state index in [1.54, 1.807) is 55.5 Å². The number of carbonyl (C=O) groups excluding carboxylic acids is 1. The summed E-state index contributed by atoms with van der Waals surface area (Å²) in [5.74, 6) is 4.90. The Labute approximate surface area is 163 Å². The van der Waals surface area contributed by atoms with E-state index in [9.17, 15) is 13.4 Å². The molecule has 1 heterocycles. The molecule has 6 heteroatoms. The summed E-state index contributed by atoms with van der Waals surface area (Å²) in [6.07, 6.45) is 4.30. The first-order chi connectivity index (χ1) is 13.3. The maximum Gasteiger partial charge on any atom is 0.286 e. The molecule has 1 atom stereocenters. The number of rotatable bonds is 2. The van der Waals surface area contributed by atoms with E-state index in [2.05, 4.69) is 21.2 Å². The molecule has 3 aromatic rings. The first-order valence-corrected chi connectivity index (χ1v) is 10.3. The highest BCUT2D eigenvalue weighted by molar-refractivity contribution is 7.93. The number of nitrogens with zero attached hydrogens (tertiary/aromatic N) is 2. The number of benzene rings is 2. The average molecular weight is 392 g/mol. The lowest BCUT2D eigenvalue weighted by Gasteiger charge is -2.03. The van der Waals surface area contributed by atoms with Crippen molar-refractivity contribution in [1.29, 1.82) is 0 Å². The van der Waals surface area contributed by atoms with Crippen molar-refractivity contribution in [3.8, 4) is 11.8 Å². The fourth-order valence-electron chi connectivity index (χ4n) is 2.43. The summed E-state index contributed by atoms with van der Waals surface area (Å²) in [6.45, 7) is 1.66. The van der Waals surface area contributed by atoms with Crippen LogP contribution in [0.15, 0.2) is 76.2 Å². The van der Waals surface area contributed by atoms with Gasteiger partial charge in [0.15, 0.2) is 0 Å². The number of hydrogen-bond donors (Lipinski definition) is 0. The zero-order valence-corrected chi connectivity index (χ0v) is 16.2.